The maximum atomic E-state index is 12.1. The van der Waals surface area contributed by atoms with Crippen LogP contribution < -0.4 is 0 Å². The summed E-state index contributed by atoms with van der Waals surface area (Å²) in [4.78, 5) is 15.6. The minimum absolute atomic E-state index is 0.179. The van der Waals surface area contributed by atoms with Crippen LogP contribution in [-0.4, -0.2) is 30.5 Å². The molecular weight excluding hydrogens is 277 g/mol. The first-order chi connectivity index (χ1) is 8.16. The SMILES string of the molecule is CCOP(=O)(C/N=C(\Cl)C(=O)C(C)(C)C)OCC. The minimum Gasteiger partial charge on any atom is -0.308 e. The van der Waals surface area contributed by atoms with Crippen molar-refractivity contribution in [2.75, 3.05) is 19.5 Å². The van der Waals surface area contributed by atoms with Crippen LogP contribution in [0.25, 0.3) is 0 Å². The Hall–Kier alpha value is -0.220. The van der Waals surface area contributed by atoms with E-state index in [0.29, 0.717) is 0 Å². The first-order valence-corrected chi connectivity index (χ1v) is 7.89. The molecule has 0 aliphatic rings. The number of hydrogen-bond acceptors (Lipinski definition) is 5. The van der Waals surface area contributed by atoms with Crippen LogP contribution in [0.1, 0.15) is 34.6 Å². The van der Waals surface area contributed by atoms with E-state index in [1.54, 1.807) is 34.6 Å². The Morgan fingerprint density at radius 2 is 1.67 bits per heavy atom. The molecule has 0 spiro atoms. The Balaban J connectivity index is 4.78. The number of ketones is 1. The van der Waals surface area contributed by atoms with Gasteiger partial charge in [-0.15, -0.1) is 0 Å². The molecule has 0 saturated carbocycles. The molecule has 0 fully saturated rings. The molecule has 0 aromatic carbocycles. The Morgan fingerprint density at radius 1 is 1.22 bits per heavy atom. The average molecular weight is 298 g/mol. The first-order valence-electron chi connectivity index (χ1n) is 5.79. The second-order valence-electron chi connectivity index (χ2n) is 4.62. The van der Waals surface area contributed by atoms with Gasteiger partial charge in [-0.05, 0) is 13.8 Å². The molecule has 0 amide bonds. The normalized spacial score (nSPS) is 13.8. The maximum Gasteiger partial charge on any atom is 0.351 e. The van der Waals surface area contributed by atoms with Crippen LogP contribution in [0, 0.1) is 5.41 Å². The molecule has 106 valence electrons. The Bertz CT molecular complexity index is 353. The molecule has 0 atom stereocenters. The molecule has 0 aliphatic heterocycles. The summed E-state index contributed by atoms with van der Waals surface area (Å²) in [5, 5.41) is -0.179. The number of nitrogens with zero attached hydrogens (tertiary/aromatic N) is 1. The van der Waals surface area contributed by atoms with Crippen LogP contribution in [0.15, 0.2) is 4.99 Å². The van der Waals surface area contributed by atoms with E-state index in [1.165, 1.54) is 0 Å². The van der Waals surface area contributed by atoms with Crippen molar-refractivity contribution < 1.29 is 18.4 Å². The molecule has 0 aromatic heterocycles. The third-order valence-electron chi connectivity index (χ3n) is 1.90. The lowest BCUT2D eigenvalue weighted by atomic mass is 9.91. The highest BCUT2D eigenvalue weighted by Crippen LogP contribution is 2.48. The largest absolute Gasteiger partial charge is 0.351 e. The summed E-state index contributed by atoms with van der Waals surface area (Å²) >= 11 is 5.79. The van der Waals surface area contributed by atoms with Crippen LogP contribution in [0.5, 0.6) is 0 Å². The Morgan fingerprint density at radius 3 is 2.00 bits per heavy atom. The van der Waals surface area contributed by atoms with Gasteiger partial charge in [0.1, 0.15) is 6.29 Å². The molecule has 0 aliphatic carbocycles. The summed E-state index contributed by atoms with van der Waals surface area (Å²) in [5.74, 6) is -0.302. The van der Waals surface area contributed by atoms with Gasteiger partial charge in [0.25, 0.3) is 0 Å². The zero-order valence-electron chi connectivity index (χ0n) is 11.5. The maximum absolute atomic E-state index is 12.1. The molecule has 0 N–H and O–H groups in total. The molecule has 5 nitrogen and oxygen atoms in total. The van der Waals surface area contributed by atoms with Crippen molar-refractivity contribution in [1.82, 2.24) is 0 Å². The highest BCUT2D eigenvalue weighted by Gasteiger charge is 2.27. The molecule has 0 heterocycles. The van der Waals surface area contributed by atoms with Gasteiger partial charge in [-0.1, -0.05) is 32.4 Å². The van der Waals surface area contributed by atoms with Crippen LogP contribution in [0.2, 0.25) is 0 Å². The summed E-state index contributed by atoms with van der Waals surface area (Å²) < 4.78 is 22.2. The van der Waals surface area contributed by atoms with E-state index in [1.807, 2.05) is 0 Å². The summed E-state index contributed by atoms with van der Waals surface area (Å²) in [6.07, 6.45) is -0.241. The van der Waals surface area contributed by atoms with E-state index in [9.17, 15) is 9.36 Å². The van der Waals surface area contributed by atoms with E-state index < -0.39 is 13.0 Å². The topological polar surface area (TPSA) is 65.0 Å². The number of hydrogen-bond donors (Lipinski definition) is 0. The fraction of sp³-hybridized carbons (Fsp3) is 0.818. The van der Waals surface area contributed by atoms with E-state index >= 15 is 0 Å². The van der Waals surface area contributed by atoms with Gasteiger partial charge < -0.3 is 9.05 Å². The van der Waals surface area contributed by atoms with Gasteiger partial charge in [0, 0.05) is 5.41 Å². The highest BCUT2D eigenvalue weighted by atomic mass is 35.5. The standard InChI is InChI=1S/C11H21ClNO4P/c1-6-16-18(15,17-7-2)8-13-10(12)9(14)11(3,4)5/h6-8H2,1-5H3/b13-10-. The number of halogens is 1. The monoisotopic (exact) mass is 297 g/mol. The van der Waals surface area contributed by atoms with E-state index in [2.05, 4.69) is 4.99 Å². The molecule has 7 heteroatoms. The zero-order chi connectivity index (χ0) is 14.4. The van der Waals surface area contributed by atoms with Crippen LogP contribution in [-0.2, 0) is 18.4 Å². The first kappa shape index (κ1) is 17.8. The van der Waals surface area contributed by atoms with Gasteiger partial charge in [-0.2, -0.15) is 0 Å². The van der Waals surface area contributed by atoms with Crippen LogP contribution in [0.3, 0.4) is 0 Å². The number of carbonyl (C=O) groups is 1. The van der Waals surface area contributed by atoms with Crippen LogP contribution in [0.4, 0.5) is 0 Å². The van der Waals surface area contributed by atoms with Crippen molar-refractivity contribution >= 4 is 30.2 Å². The second kappa shape index (κ2) is 7.39. The lowest BCUT2D eigenvalue weighted by Gasteiger charge is -2.17. The van der Waals surface area contributed by atoms with Crippen molar-refractivity contribution in [3.8, 4) is 0 Å². The number of carbonyl (C=O) groups excluding carboxylic acids is 1. The van der Waals surface area contributed by atoms with E-state index in [0.717, 1.165) is 0 Å². The van der Waals surface area contributed by atoms with Gasteiger partial charge in [-0.25, -0.2) is 0 Å². The molecule has 0 unspecified atom stereocenters. The van der Waals surface area contributed by atoms with Crippen molar-refractivity contribution in [3.05, 3.63) is 0 Å². The molecule has 0 aromatic rings. The number of Topliss-reactive ketones (excluding diaryl/α,β-unsaturated/α-hetero) is 1. The molecular formula is C11H21ClNO4P. The van der Waals surface area contributed by atoms with Gasteiger partial charge in [0.15, 0.2) is 11.0 Å². The molecule has 0 radical (unpaired) electrons. The molecule has 0 rings (SSSR count). The summed E-state index contributed by atoms with van der Waals surface area (Å²) in [5.41, 5.74) is -0.623. The van der Waals surface area contributed by atoms with E-state index in [4.69, 9.17) is 20.6 Å². The van der Waals surface area contributed by atoms with Crippen LogP contribution >= 0.6 is 19.2 Å². The highest BCUT2D eigenvalue weighted by molar-refractivity contribution is 7.53. The lowest BCUT2D eigenvalue weighted by Crippen LogP contribution is -2.25. The molecule has 0 saturated heterocycles. The molecule has 18 heavy (non-hydrogen) atoms. The van der Waals surface area contributed by atoms with Crippen molar-refractivity contribution in [1.29, 1.82) is 0 Å². The van der Waals surface area contributed by atoms with Gasteiger partial charge in [0.05, 0.1) is 13.2 Å². The summed E-state index contributed by atoms with van der Waals surface area (Å²) in [6.45, 7) is 9.11. The fourth-order valence-corrected chi connectivity index (χ4v) is 2.81. The zero-order valence-corrected chi connectivity index (χ0v) is 13.2. The Kier molecular flexibility index (Phi) is 7.30. The van der Waals surface area contributed by atoms with Crippen molar-refractivity contribution in [2.45, 2.75) is 34.6 Å². The number of aliphatic imine (C=N–C) groups is 1. The predicted octanol–water partition coefficient (Wildman–Crippen LogP) is 3.46. The van der Waals surface area contributed by atoms with Crippen molar-refractivity contribution in [3.63, 3.8) is 0 Å². The van der Waals surface area contributed by atoms with Crippen molar-refractivity contribution in [2.24, 2.45) is 10.4 Å². The number of rotatable bonds is 7. The quantitative estimate of drug-likeness (QED) is 0.533. The minimum atomic E-state index is -3.29. The summed E-state index contributed by atoms with van der Waals surface area (Å²) in [7, 11) is -3.29. The third-order valence-corrected chi connectivity index (χ3v) is 3.99. The fourth-order valence-electron chi connectivity index (χ4n) is 1.04. The average Bonchev–Trinajstić information content (AvgIpc) is 2.24. The second-order valence-corrected chi connectivity index (χ2v) is 6.99. The van der Waals surface area contributed by atoms with Gasteiger partial charge in [-0.3, -0.25) is 14.4 Å². The summed E-state index contributed by atoms with van der Waals surface area (Å²) in [6, 6.07) is 0. The van der Waals surface area contributed by atoms with E-state index in [-0.39, 0.29) is 30.5 Å². The smallest absolute Gasteiger partial charge is 0.308 e. The lowest BCUT2D eigenvalue weighted by molar-refractivity contribution is -0.119. The third kappa shape index (κ3) is 6.10. The van der Waals surface area contributed by atoms with Gasteiger partial charge in [0.2, 0.25) is 0 Å². The molecule has 0 bridgehead atoms. The van der Waals surface area contributed by atoms with Gasteiger partial charge >= 0.3 is 7.60 Å². The Labute approximate surface area is 113 Å². The predicted molar refractivity (Wildman–Crippen MR) is 73.5 cm³/mol.